The van der Waals surface area contributed by atoms with E-state index in [0.717, 1.165) is 0 Å². The number of benzene rings is 1. The number of tetrazole rings is 1. The molecule has 0 bridgehead atoms. The summed E-state index contributed by atoms with van der Waals surface area (Å²) >= 11 is 0. The summed E-state index contributed by atoms with van der Waals surface area (Å²) in [5.74, 6) is -0.988. The molecule has 10 nitrogen and oxygen atoms in total. The van der Waals surface area contributed by atoms with Gasteiger partial charge in [-0.3, -0.25) is 14.7 Å². The number of aromatic amines is 1. The zero-order valence-electron chi connectivity index (χ0n) is 16.7. The third-order valence-electron chi connectivity index (χ3n) is 5.21. The van der Waals surface area contributed by atoms with Crippen molar-refractivity contribution in [1.82, 2.24) is 40.6 Å². The van der Waals surface area contributed by atoms with Gasteiger partial charge in [-0.1, -0.05) is 6.07 Å². The van der Waals surface area contributed by atoms with Crippen LogP contribution in [0.15, 0.2) is 36.7 Å². The number of aromatic nitrogens is 6. The van der Waals surface area contributed by atoms with Crippen molar-refractivity contribution in [3.8, 4) is 5.69 Å². The molecule has 1 aliphatic rings. The summed E-state index contributed by atoms with van der Waals surface area (Å²) in [6.45, 7) is -0.427. The number of nitrogens with one attached hydrogen (secondary N) is 2. The van der Waals surface area contributed by atoms with Gasteiger partial charge in [-0.25, -0.2) is 4.68 Å². The number of halogens is 3. The molecule has 13 heteroatoms. The van der Waals surface area contributed by atoms with Crippen molar-refractivity contribution in [1.29, 1.82) is 0 Å². The number of nitrogens with zero attached hydrogens (tertiary/aromatic N) is 6. The standard InChI is InChI=1S/C19H19F3N8O2/c20-19(21,22)10-23-17(31)16-9-15(25-26-16)12-4-6-29(7-5-12)18(32)13-2-1-3-14(8-13)30-11-24-27-28-30/h1-3,8-9,11-12H,4-7,10H2,(H,23,31)(H,25,26). The minimum atomic E-state index is -4.49. The zero-order valence-corrected chi connectivity index (χ0v) is 16.7. The van der Waals surface area contributed by atoms with E-state index in [4.69, 9.17) is 0 Å². The predicted octanol–water partition coefficient (Wildman–Crippen LogP) is 1.70. The Hall–Kier alpha value is -3.77. The number of rotatable bonds is 5. The molecule has 4 rings (SSSR count). The van der Waals surface area contributed by atoms with E-state index in [1.54, 1.807) is 34.5 Å². The fourth-order valence-corrected chi connectivity index (χ4v) is 3.57. The maximum Gasteiger partial charge on any atom is 0.405 e. The Balaban J connectivity index is 1.35. The number of H-pyrrole nitrogens is 1. The predicted molar refractivity (Wildman–Crippen MR) is 104 cm³/mol. The molecule has 1 saturated heterocycles. The highest BCUT2D eigenvalue weighted by Crippen LogP contribution is 2.28. The smallest absolute Gasteiger partial charge is 0.342 e. The van der Waals surface area contributed by atoms with Crippen LogP contribution in [0, 0.1) is 0 Å². The van der Waals surface area contributed by atoms with Crippen molar-refractivity contribution in [3.05, 3.63) is 53.6 Å². The Morgan fingerprint density at radius 3 is 2.66 bits per heavy atom. The molecule has 32 heavy (non-hydrogen) atoms. The highest BCUT2D eigenvalue weighted by molar-refractivity contribution is 5.95. The maximum absolute atomic E-state index is 12.9. The van der Waals surface area contributed by atoms with Crippen molar-refractivity contribution >= 4 is 11.8 Å². The minimum absolute atomic E-state index is 0.0169. The SMILES string of the molecule is O=C(NCC(F)(F)F)c1cc(C2CCN(C(=O)c3cccc(-n4cnnn4)c3)CC2)[nH]n1. The maximum atomic E-state index is 12.9. The summed E-state index contributed by atoms with van der Waals surface area (Å²) in [6, 6.07) is 8.45. The zero-order chi connectivity index (χ0) is 22.7. The molecular formula is C19H19F3N8O2. The summed E-state index contributed by atoms with van der Waals surface area (Å²) in [7, 11) is 0. The summed E-state index contributed by atoms with van der Waals surface area (Å²) in [5, 5.41) is 19.3. The molecule has 0 unspecified atom stereocenters. The van der Waals surface area contributed by atoms with Gasteiger partial charge in [-0.05, 0) is 47.5 Å². The second-order valence-electron chi connectivity index (χ2n) is 7.38. The third kappa shape index (κ3) is 4.92. The van der Waals surface area contributed by atoms with Gasteiger partial charge in [-0.2, -0.15) is 18.3 Å². The first-order valence-electron chi connectivity index (χ1n) is 9.83. The summed E-state index contributed by atoms with van der Waals surface area (Å²) in [6.07, 6.45) is -1.79. The summed E-state index contributed by atoms with van der Waals surface area (Å²) in [5.41, 5.74) is 1.75. The largest absolute Gasteiger partial charge is 0.405 e. The van der Waals surface area contributed by atoms with Crippen molar-refractivity contribution in [2.45, 2.75) is 24.9 Å². The molecule has 2 amide bonds. The third-order valence-corrected chi connectivity index (χ3v) is 5.21. The van der Waals surface area contributed by atoms with E-state index in [0.29, 0.717) is 42.9 Å². The molecule has 3 aromatic rings. The highest BCUT2D eigenvalue weighted by atomic mass is 19.4. The van der Waals surface area contributed by atoms with Crippen LogP contribution >= 0.6 is 0 Å². The van der Waals surface area contributed by atoms with Gasteiger partial charge in [0.05, 0.1) is 5.69 Å². The fraction of sp³-hybridized carbons (Fsp3) is 0.368. The van der Waals surface area contributed by atoms with Crippen LogP contribution in [0.5, 0.6) is 0 Å². The topological polar surface area (TPSA) is 122 Å². The number of hydrogen-bond donors (Lipinski definition) is 2. The van der Waals surface area contributed by atoms with E-state index in [9.17, 15) is 22.8 Å². The van der Waals surface area contributed by atoms with Gasteiger partial charge in [0.2, 0.25) is 0 Å². The number of carbonyl (C=O) groups excluding carboxylic acids is 2. The normalized spacial score (nSPS) is 15.0. The van der Waals surface area contributed by atoms with Crippen LogP contribution < -0.4 is 5.32 Å². The van der Waals surface area contributed by atoms with Crippen LogP contribution in [-0.2, 0) is 0 Å². The Bertz CT molecular complexity index is 1090. The molecule has 0 saturated carbocycles. The van der Waals surface area contributed by atoms with E-state index >= 15 is 0 Å². The van der Waals surface area contributed by atoms with Crippen molar-refractivity contribution in [2.24, 2.45) is 0 Å². The lowest BCUT2D eigenvalue weighted by atomic mass is 9.93. The van der Waals surface area contributed by atoms with Crippen molar-refractivity contribution in [3.63, 3.8) is 0 Å². The van der Waals surface area contributed by atoms with Crippen LogP contribution in [0.2, 0.25) is 0 Å². The molecule has 0 atom stereocenters. The summed E-state index contributed by atoms with van der Waals surface area (Å²) in [4.78, 5) is 26.5. The molecule has 2 N–H and O–H groups in total. The van der Waals surface area contributed by atoms with Gasteiger partial charge in [0.15, 0.2) is 0 Å². The molecule has 2 aromatic heterocycles. The van der Waals surface area contributed by atoms with Gasteiger partial charge in [0.1, 0.15) is 18.6 Å². The van der Waals surface area contributed by atoms with E-state index in [-0.39, 0.29) is 17.5 Å². The highest BCUT2D eigenvalue weighted by Gasteiger charge is 2.29. The average molecular weight is 448 g/mol. The van der Waals surface area contributed by atoms with Crippen LogP contribution in [0.25, 0.3) is 5.69 Å². The molecule has 0 radical (unpaired) electrons. The number of piperidine rings is 1. The molecule has 168 valence electrons. The Labute approximate surface area is 179 Å². The molecule has 3 heterocycles. The van der Waals surface area contributed by atoms with Crippen LogP contribution in [0.4, 0.5) is 13.2 Å². The van der Waals surface area contributed by atoms with Gasteiger partial charge in [-0.15, -0.1) is 5.10 Å². The second-order valence-corrected chi connectivity index (χ2v) is 7.38. The minimum Gasteiger partial charge on any atom is -0.342 e. The van der Waals surface area contributed by atoms with E-state index in [1.807, 2.05) is 0 Å². The molecule has 0 spiro atoms. The van der Waals surface area contributed by atoms with Crippen LogP contribution in [0.1, 0.15) is 45.3 Å². The molecule has 1 fully saturated rings. The first-order valence-corrected chi connectivity index (χ1v) is 9.83. The Morgan fingerprint density at radius 1 is 1.19 bits per heavy atom. The second kappa shape index (κ2) is 8.77. The molecule has 1 aliphatic heterocycles. The Kier molecular flexibility index (Phi) is 5.88. The van der Waals surface area contributed by atoms with Gasteiger partial charge in [0.25, 0.3) is 11.8 Å². The molecule has 1 aromatic carbocycles. The Morgan fingerprint density at radius 2 is 1.97 bits per heavy atom. The lowest BCUT2D eigenvalue weighted by Crippen LogP contribution is -2.38. The van der Waals surface area contributed by atoms with Crippen LogP contribution in [0.3, 0.4) is 0 Å². The first kappa shape index (κ1) is 21.5. The van der Waals surface area contributed by atoms with E-state index in [1.165, 1.54) is 17.1 Å². The number of amides is 2. The van der Waals surface area contributed by atoms with E-state index < -0.39 is 18.6 Å². The van der Waals surface area contributed by atoms with E-state index in [2.05, 4.69) is 25.7 Å². The number of alkyl halides is 3. The molecule has 0 aliphatic carbocycles. The monoisotopic (exact) mass is 448 g/mol. The lowest BCUT2D eigenvalue weighted by Gasteiger charge is -2.31. The first-order chi connectivity index (χ1) is 15.3. The van der Waals surface area contributed by atoms with Gasteiger partial charge in [0, 0.05) is 30.3 Å². The molecular weight excluding hydrogens is 429 g/mol. The van der Waals surface area contributed by atoms with Gasteiger partial charge >= 0.3 is 6.18 Å². The quantitative estimate of drug-likeness (QED) is 0.613. The average Bonchev–Trinajstić information content (AvgIpc) is 3.49. The number of likely N-dealkylation sites (tertiary alicyclic amines) is 1. The number of hydrogen-bond acceptors (Lipinski definition) is 6. The lowest BCUT2D eigenvalue weighted by molar-refractivity contribution is -0.123. The fourth-order valence-electron chi connectivity index (χ4n) is 3.57. The summed E-state index contributed by atoms with van der Waals surface area (Å²) < 4.78 is 38.2. The van der Waals surface area contributed by atoms with Crippen molar-refractivity contribution in [2.75, 3.05) is 19.6 Å². The van der Waals surface area contributed by atoms with Gasteiger partial charge < -0.3 is 10.2 Å². The van der Waals surface area contributed by atoms with Crippen molar-refractivity contribution < 1.29 is 22.8 Å². The van der Waals surface area contributed by atoms with Crippen LogP contribution in [-0.4, -0.2) is 72.9 Å². The number of carbonyl (C=O) groups is 2.